The van der Waals surface area contributed by atoms with E-state index in [4.69, 9.17) is 17.0 Å². The Labute approximate surface area is 200 Å². The smallest absolute Gasteiger partial charge is 0.325 e. The zero-order chi connectivity index (χ0) is 23.5. The van der Waals surface area contributed by atoms with Gasteiger partial charge < -0.3 is 19.5 Å². The zero-order valence-electron chi connectivity index (χ0n) is 19.5. The predicted molar refractivity (Wildman–Crippen MR) is 133 cm³/mol. The van der Waals surface area contributed by atoms with Crippen LogP contribution in [-0.2, 0) is 16.0 Å². The molecular weight excluding hydrogens is 432 g/mol. The molecule has 1 saturated heterocycles. The predicted octanol–water partition coefficient (Wildman–Crippen LogP) is 4.59. The summed E-state index contributed by atoms with van der Waals surface area (Å²) in [7, 11) is 0. The Morgan fingerprint density at radius 2 is 1.91 bits per heavy atom. The van der Waals surface area contributed by atoms with E-state index in [0.29, 0.717) is 11.7 Å². The molecule has 1 N–H and O–H groups in total. The Hall–Kier alpha value is -3.19. The van der Waals surface area contributed by atoms with Gasteiger partial charge in [0.2, 0.25) is 0 Å². The minimum Gasteiger partial charge on any atom is -0.465 e. The van der Waals surface area contributed by atoms with Gasteiger partial charge in [0.25, 0.3) is 0 Å². The van der Waals surface area contributed by atoms with Gasteiger partial charge in [-0.3, -0.25) is 9.78 Å². The van der Waals surface area contributed by atoms with Crippen molar-refractivity contribution in [2.24, 2.45) is 0 Å². The molecule has 172 valence electrons. The first kappa shape index (κ1) is 23.0. The molecule has 7 heteroatoms. The van der Waals surface area contributed by atoms with Crippen LogP contribution in [0.25, 0.3) is 5.69 Å². The lowest BCUT2D eigenvalue weighted by Crippen LogP contribution is -2.35. The number of pyridine rings is 1. The number of carbonyl (C=O) groups excluding carboxylic acids is 1. The number of rotatable bonds is 7. The van der Waals surface area contributed by atoms with Gasteiger partial charge in [0.1, 0.15) is 6.54 Å². The van der Waals surface area contributed by atoms with E-state index in [-0.39, 0.29) is 24.6 Å². The lowest BCUT2D eigenvalue weighted by Gasteiger charge is -2.27. The number of thiocarbonyl (C=S) groups is 1. The third-order valence-electron chi connectivity index (χ3n) is 6.20. The molecule has 3 heterocycles. The first-order chi connectivity index (χ1) is 16.0. The van der Waals surface area contributed by atoms with Crippen molar-refractivity contribution in [2.45, 2.75) is 46.2 Å². The summed E-state index contributed by atoms with van der Waals surface area (Å²) in [5, 5.41) is 3.94. The Morgan fingerprint density at radius 1 is 1.15 bits per heavy atom. The van der Waals surface area contributed by atoms with Gasteiger partial charge in [-0.1, -0.05) is 31.2 Å². The molecule has 3 aromatic rings. The van der Waals surface area contributed by atoms with Gasteiger partial charge in [-0.15, -0.1) is 0 Å². The van der Waals surface area contributed by atoms with Gasteiger partial charge in [0.05, 0.1) is 24.4 Å². The molecule has 1 aromatic carbocycles. The minimum absolute atomic E-state index is 0.0862. The highest BCUT2D eigenvalue weighted by atomic mass is 32.1. The summed E-state index contributed by atoms with van der Waals surface area (Å²) in [4.78, 5) is 19.0. The molecule has 6 nitrogen and oxygen atoms in total. The van der Waals surface area contributed by atoms with Gasteiger partial charge >= 0.3 is 5.97 Å². The average Bonchev–Trinajstić information content (AvgIpc) is 3.29. The van der Waals surface area contributed by atoms with Crippen molar-refractivity contribution in [1.29, 1.82) is 0 Å². The first-order valence-electron chi connectivity index (χ1n) is 11.4. The molecule has 1 aliphatic rings. The van der Waals surface area contributed by atoms with E-state index >= 15 is 0 Å². The summed E-state index contributed by atoms with van der Waals surface area (Å²) in [5.74, 6) is -0.293. The summed E-state index contributed by atoms with van der Waals surface area (Å²) in [6, 6.07) is 16.2. The molecule has 0 amide bonds. The molecule has 0 spiro atoms. The summed E-state index contributed by atoms with van der Waals surface area (Å²) >= 11 is 5.69. The normalized spacial score (nSPS) is 17.8. The first-order valence-corrected chi connectivity index (χ1v) is 11.8. The summed E-state index contributed by atoms with van der Waals surface area (Å²) in [6.07, 6.45) is 2.73. The van der Waals surface area contributed by atoms with E-state index < -0.39 is 0 Å². The van der Waals surface area contributed by atoms with Gasteiger partial charge in [-0.2, -0.15) is 0 Å². The van der Waals surface area contributed by atoms with Crippen LogP contribution in [0.3, 0.4) is 0 Å². The topological polar surface area (TPSA) is 59.4 Å². The van der Waals surface area contributed by atoms with E-state index in [1.165, 1.54) is 11.3 Å². The summed E-state index contributed by atoms with van der Waals surface area (Å²) in [5.41, 5.74) is 6.73. The quantitative estimate of drug-likeness (QED) is 0.410. The Morgan fingerprint density at radius 3 is 2.61 bits per heavy atom. The van der Waals surface area contributed by atoms with E-state index in [2.05, 4.69) is 66.0 Å². The van der Waals surface area contributed by atoms with E-state index in [0.717, 1.165) is 29.1 Å². The second-order valence-electron chi connectivity index (χ2n) is 8.20. The number of hydrogen-bond acceptors (Lipinski definition) is 4. The molecule has 0 aliphatic carbocycles. The van der Waals surface area contributed by atoms with Crippen LogP contribution < -0.4 is 5.32 Å². The van der Waals surface area contributed by atoms with E-state index in [1.54, 1.807) is 6.20 Å². The number of esters is 1. The van der Waals surface area contributed by atoms with Gasteiger partial charge in [-0.25, -0.2) is 0 Å². The van der Waals surface area contributed by atoms with Crippen LogP contribution >= 0.6 is 12.2 Å². The molecule has 0 unspecified atom stereocenters. The van der Waals surface area contributed by atoms with Gasteiger partial charge in [0.15, 0.2) is 5.11 Å². The van der Waals surface area contributed by atoms with Crippen LogP contribution in [0, 0.1) is 13.8 Å². The highest BCUT2D eigenvalue weighted by Gasteiger charge is 2.42. The average molecular weight is 463 g/mol. The Kier molecular flexibility index (Phi) is 6.79. The molecule has 0 bridgehead atoms. The monoisotopic (exact) mass is 462 g/mol. The standard InChI is InChI=1S/C26H30N4O2S/c1-5-19-11-7-8-13-22(19)30-17(3)15-20(18(30)4)25-24(21-12-9-10-14-27-21)28-26(33)29(25)16-23(31)32-6-2/h7-15,24-25H,5-6,16H2,1-4H3,(H,28,33)/t24-,25-/m0/s1. The molecule has 4 rings (SSSR count). The highest BCUT2D eigenvalue weighted by Crippen LogP contribution is 2.41. The van der Waals surface area contributed by atoms with Crippen molar-refractivity contribution in [1.82, 2.24) is 19.8 Å². The molecular formula is C26H30N4O2S. The van der Waals surface area contributed by atoms with E-state index in [9.17, 15) is 4.79 Å². The largest absolute Gasteiger partial charge is 0.465 e. The molecule has 1 aliphatic heterocycles. The SMILES string of the molecule is CCOC(=O)CN1C(=S)N[C@@H](c2ccccn2)[C@@H]1c1cc(C)n(-c2ccccc2CC)c1C. The number of aryl methyl sites for hydroxylation is 2. The van der Waals surface area contributed by atoms with Crippen LogP contribution in [0.5, 0.6) is 0 Å². The van der Waals surface area contributed by atoms with Gasteiger partial charge in [0, 0.05) is 23.3 Å². The second kappa shape index (κ2) is 9.75. The number of ether oxygens (including phenoxy) is 1. The molecule has 0 radical (unpaired) electrons. The fraction of sp³-hybridized carbons (Fsp3) is 0.346. The number of aromatic nitrogens is 2. The zero-order valence-corrected chi connectivity index (χ0v) is 20.4. The van der Waals surface area contributed by atoms with Crippen molar-refractivity contribution < 1.29 is 9.53 Å². The van der Waals surface area contributed by atoms with Crippen LogP contribution in [0.4, 0.5) is 0 Å². The highest BCUT2D eigenvalue weighted by molar-refractivity contribution is 7.80. The maximum Gasteiger partial charge on any atom is 0.325 e. The fourth-order valence-corrected chi connectivity index (χ4v) is 5.05. The lowest BCUT2D eigenvalue weighted by molar-refractivity contribution is -0.143. The maximum atomic E-state index is 12.5. The number of hydrogen-bond donors (Lipinski definition) is 1. The Bertz CT molecular complexity index is 1160. The third-order valence-corrected chi connectivity index (χ3v) is 6.56. The van der Waals surface area contributed by atoms with Crippen molar-refractivity contribution in [3.8, 4) is 5.69 Å². The maximum absolute atomic E-state index is 12.5. The Balaban J connectivity index is 1.83. The molecule has 2 aromatic heterocycles. The number of nitrogens with zero attached hydrogens (tertiary/aromatic N) is 3. The second-order valence-corrected chi connectivity index (χ2v) is 8.59. The summed E-state index contributed by atoms with van der Waals surface area (Å²) in [6.45, 7) is 8.66. The number of nitrogens with one attached hydrogen (secondary N) is 1. The molecule has 2 atom stereocenters. The van der Waals surface area contributed by atoms with E-state index in [1.807, 2.05) is 30.0 Å². The van der Waals surface area contributed by atoms with Crippen LogP contribution in [0.15, 0.2) is 54.7 Å². The van der Waals surface area contributed by atoms with Crippen LogP contribution in [0.2, 0.25) is 0 Å². The minimum atomic E-state index is -0.293. The molecule has 1 fully saturated rings. The fourth-order valence-electron chi connectivity index (χ4n) is 4.75. The number of benzene rings is 1. The molecule has 0 saturated carbocycles. The summed E-state index contributed by atoms with van der Waals surface area (Å²) < 4.78 is 7.55. The van der Waals surface area contributed by atoms with Crippen LogP contribution in [-0.4, -0.2) is 38.7 Å². The van der Waals surface area contributed by atoms with Crippen LogP contribution in [0.1, 0.15) is 54.1 Å². The number of carbonyl (C=O) groups is 1. The van der Waals surface area contributed by atoms with Crippen molar-refractivity contribution in [3.05, 3.63) is 82.9 Å². The van der Waals surface area contributed by atoms with Crippen molar-refractivity contribution in [2.75, 3.05) is 13.2 Å². The van der Waals surface area contributed by atoms with Gasteiger partial charge in [-0.05, 0) is 74.8 Å². The van der Waals surface area contributed by atoms with Crippen molar-refractivity contribution >= 4 is 23.3 Å². The molecule has 33 heavy (non-hydrogen) atoms. The lowest BCUT2D eigenvalue weighted by atomic mass is 9.96. The van der Waals surface area contributed by atoms with Crippen molar-refractivity contribution in [3.63, 3.8) is 0 Å². The third kappa shape index (κ3) is 4.37. The number of para-hydroxylation sites is 1.